The summed E-state index contributed by atoms with van der Waals surface area (Å²) in [5, 5.41) is 13.1. The second-order valence-electron chi connectivity index (χ2n) is 5.80. The number of amides is 1. The molecule has 0 radical (unpaired) electrons. The first kappa shape index (κ1) is 13.8. The number of piperidine rings is 1. The maximum atomic E-state index is 12.5. The van der Waals surface area contributed by atoms with Crippen molar-refractivity contribution < 1.29 is 9.90 Å². The maximum absolute atomic E-state index is 12.5. The molecule has 18 heavy (non-hydrogen) atoms. The molecule has 2 aliphatic heterocycles. The lowest BCUT2D eigenvalue weighted by Gasteiger charge is -2.32. The Hall–Kier alpha value is -0.650. The third-order valence-electron chi connectivity index (χ3n) is 3.86. The average Bonchev–Trinajstić information content (AvgIpc) is 2.69. The van der Waals surface area contributed by atoms with Crippen molar-refractivity contribution in [2.75, 3.05) is 33.7 Å². The normalized spacial score (nSPS) is 33.1. The van der Waals surface area contributed by atoms with Crippen molar-refractivity contribution in [2.24, 2.45) is 0 Å². The number of rotatable bonds is 3. The van der Waals surface area contributed by atoms with Crippen LogP contribution in [0.3, 0.4) is 0 Å². The predicted molar refractivity (Wildman–Crippen MR) is 70.3 cm³/mol. The van der Waals surface area contributed by atoms with Crippen molar-refractivity contribution in [1.82, 2.24) is 15.1 Å². The van der Waals surface area contributed by atoms with Gasteiger partial charge < -0.3 is 20.2 Å². The number of aliphatic hydroxyl groups is 1. The smallest absolute Gasteiger partial charge is 0.240 e. The van der Waals surface area contributed by atoms with Gasteiger partial charge in [0.1, 0.15) is 0 Å². The zero-order valence-electron chi connectivity index (χ0n) is 11.4. The summed E-state index contributed by atoms with van der Waals surface area (Å²) < 4.78 is 0. The summed E-state index contributed by atoms with van der Waals surface area (Å²) in [4.78, 5) is 16.4. The lowest BCUT2D eigenvalue weighted by Crippen LogP contribution is -2.51. The molecule has 0 aliphatic carbocycles. The van der Waals surface area contributed by atoms with Crippen LogP contribution in [0.5, 0.6) is 0 Å². The Morgan fingerprint density at radius 1 is 1.44 bits per heavy atom. The van der Waals surface area contributed by atoms with Gasteiger partial charge in [-0.15, -0.1) is 0 Å². The minimum Gasteiger partial charge on any atom is -0.391 e. The fraction of sp³-hybridized carbons (Fsp3) is 0.923. The van der Waals surface area contributed by atoms with Gasteiger partial charge in [-0.25, -0.2) is 0 Å². The molecule has 0 bridgehead atoms. The molecule has 2 saturated heterocycles. The highest BCUT2D eigenvalue weighted by Gasteiger charge is 2.37. The van der Waals surface area contributed by atoms with Gasteiger partial charge in [-0.3, -0.25) is 4.79 Å². The number of β-amino-alcohol motifs (C(OH)–C–C–N with tert-alkyl or cyclic N) is 1. The Morgan fingerprint density at radius 2 is 2.22 bits per heavy atom. The highest BCUT2D eigenvalue weighted by atomic mass is 16.3. The summed E-state index contributed by atoms with van der Waals surface area (Å²) in [5.74, 6) is 0.179. The van der Waals surface area contributed by atoms with Crippen LogP contribution < -0.4 is 5.32 Å². The molecule has 0 saturated carbocycles. The third kappa shape index (κ3) is 3.22. The minimum atomic E-state index is -0.359. The molecule has 3 atom stereocenters. The number of aliphatic hydroxyl groups excluding tert-OH is 1. The molecule has 0 aromatic carbocycles. The summed E-state index contributed by atoms with van der Waals surface area (Å²) in [6.07, 6.45) is 3.56. The van der Waals surface area contributed by atoms with E-state index in [-0.39, 0.29) is 24.1 Å². The Balaban J connectivity index is 1.97. The number of nitrogens with one attached hydrogen (secondary N) is 1. The number of nitrogens with zero attached hydrogens (tertiary/aromatic N) is 2. The van der Waals surface area contributed by atoms with Gasteiger partial charge in [0.05, 0.1) is 12.1 Å². The van der Waals surface area contributed by atoms with Crippen LogP contribution in [0.15, 0.2) is 0 Å². The molecule has 2 rings (SSSR count). The molecule has 2 N–H and O–H groups in total. The van der Waals surface area contributed by atoms with Crippen LogP contribution in [-0.2, 0) is 4.79 Å². The molecule has 0 spiro atoms. The molecular formula is C13H25N3O2. The van der Waals surface area contributed by atoms with Gasteiger partial charge in [0.25, 0.3) is 0 Å². The van der Waals surface area contributed by atoms with Gasteiger partial charge in [-0.2, -0.15) is 0 Å². The van der Waals surface area contributed by atoms with Gasteiger partial charge in [0, 0.05) is 19.1 Å². The standard InChI is InChI=1S/C13H25N3O2/c1-15(2)8-10-7-11(17)9-16(10)13(18)12-5-3-4-6-14-12/h10-12,14,17H,3-9H2,1-2H3. The van der Waals surface area contributed by atoms with Crippen LogP contribution in [0, 0.1) is 0 Å². The van der Waals surface area contributed by atoms with Gasteiger partial charge in [-0.05, 0) is 39.9 Å². The molecular weight excluding hydrogens is 230 g/mol. The number of likely N-dealkylation sites (tertiary alicyclic amines) is 1. The van der Waals surface area contributed by atoms with E-state index in [0.29, 0.717) is 13.0 Å². The molecule has 2 aliphatic rings. The predicted octanol–water partition coefficient (Wildman–Crippen LogP) is -0.348. The molecule has 2 heterocycles. The molecule has 0 aromatic heterocycles. The van der Waals surface area contributed by atoms with Crippen molar-refractivity contribution in [3.8, 4) is 0 Å². The van der Waals surface area contributed by atoms with Gasteiger partial charge in [-0.1, -0.05) is 6.42 Å². The Morgan fingerprint density at radius 3 is 2.83 bits per heavy atom. The quantitative estimate of drug-likeness (QED) is 0.724. The molecule has 0 aromatic rings. The third-order valence-corrected chi connectivity index (χ3v) is 3.86. The first-order chi connectivity index (χ1) is 8.58. The van der Waals surface area contributed by atoms with Crippen LogP contribution >= 0.6 is 0 Å². The second kappa shape index (κ2) is 5.99. The van der Waals surface area contributed by atoms with Crippen LogP contribution in [0.2, 0.25) is 0 Å². The number of carbonyl (C=O) groups is 1. The summed E-state index contributed by atoms with van der Waals surface area (Å²) in [6, 6.07) is 0.125. The first-order valence-corrected chi connectivity index (χ1v) is 6.94. The lowest BCUT2D eigenvalue weighted by atomic mass is 10.0. The molecule has 5 heteroatoms. The summed E-state index contributed by atoms with van der Waals surface area (Å²) >= 11 is 0. The monoisotopic (exact) mass is 255 g/mol. The maximum Gasteiger partial charge on any atom is 0.240 e. The number of carbonyl (C=O) groups excluding carboxylic acids is 1. The Labute approximate surface area is 109 Å². The summed E-state index contributed by atoms with van der Waals surface area (Å²) in [7, 11) is 4.01. The Bertz CT molecular complexity index is 290. The van der Waals surface area contributed by atoms with Crippen molar-refractivity contribution in [3.63, 3.8) is 0 Å². The van der Waals surface area contributed by atoms with E-state index in [2.05, 4.69) is 10.2 Å². The van der Waals surface area contributed by atoms with E-state index in [1.807, 2.05) is 19.0 Å². The average molecular weight is 255 g/mol. The zero-order valence-corrected chi connectivity index (χ0v) is 11.4. The Kier molecular flexibility index (Phi) is 4.59. The van der Waals surface area contributed by atoms with Crippen molar-refractivity contribution in [1.29, 1.82) is 0 Å². The largest absolute Gasteiger partial charge is 0.391 e. The molecule has 2 fully saturated rings. The van der Waals surface area contributed by atoms with Gasteiger partial charge in [0.15, 0.2) is 0 Å². The second-order valence-corrected chi connectivity index (χ2v) is 5.80. The minimum absolute atomic E-state index is 0.0336. The molecule has 104 valence electrons. The van der Waals surface area contributed by atoms with Crippen LogP contribution in [0.1, 0.15) is 25.7 Å². The zero-order chi connectivity index (χ0) is 13.1. The van der Waals surface area contributed by atoms with Gasteiger partial charge in [0.2, 0.25) is 5.91 Å². The highest BCUT2D eigenvalue weighted by Crippen LogP contribution is 2.21. The van der Waals surface area contributed by atoms with E-state index in [1.165, 1.54) is 0 Å². The fourth-order valence-electron chi connectivity index (χ4n) is 3.02. The first-order valence-electron chi connectivity index (χ1n) is 6.94. The van der Waals surface area contributed by atoms with E-state index < -0.39 is 0 Å². The molecule has 1 amide bonds. The van der Waals surface area contributed by atoms with Crippen molar-refractivity contribution in [2.45, 2.75) is 43.9 Å². The fourth-order valence-corrected chi connectivity index (χ4v) is 3.02. The lowest BCUT2D eigenvalue weighted by molar-refractivity contribution is -0.135. The van der Waals surface area contributed by atoms with Crippen molar-refractivity contribution in [3.05, 3.63) is 0 Å². The van der Waals surface area contributed by atoms with Crippen LogP contribution in [-0.4, -0.2) is 72.7 Å². The highest BCUT2D eigenvalue weighted by molar-refractivity contribution is 5.82. The number of hydrogen-bond donors (Lipinski definition) is 2. The van der Waals surface area contributed by atoms with Gasteiger partial charge >= 0.3 is 0 Å². The van der Waals surface area contributed by atoms with E-state index in [9.17, 15) is 9.90 Å². The van der Waals surface area contributed by atoms with Crippen LogP contribution in [0.25, 0.3) is 0 Å². The van der Waals surface area contributed by atoms with E-state index in [0.717, 1.165) is 32.4 Å². The SMILES string of the molecule is CN(C)CC1CC(O)CN1C(=O)C1CCCCN1. The topological polar surface area (TPSA) is 55.8 Å². The molecule has 5 nitrogen and oxygen atoms in total. The van der Waals surface area contributed by atoms with Crippen LogP contribution in [0.4, 0.5) is 0 Å². The van der Waals surface area contributed by atoms with Crippen molar-refractivity contribution >= 4 is 5.91 Å². The molecule has 3 unspecified atom stereocenters. The van der Waals surface area contributed by atoms with E-state index in [4.69, 9.17) is 0 Å². The summed E-state index contributed by atoms with van der Waals surface area (Å²) in [6.45, 7) is 2.26. The van der Waals surface area contributed by atoms with E-state index >= 15 is 0 Å². The summed E-state index contributed by atoms with van der Waals surface area (Å²) in [5.41, 5.74) is 0. The number of hydrogen-bond acceptors (Lipinski definition) is 4. The van der Waals surface area contributed by atoms with E-state index in [1.54, 1.807) is 0 Å². The number of likely N-dealkylation sites (N-methyl/N-ethyl adjacent to an activating group) is 1.